The first-order valence-corrected chi connectivity index (χ1v) is 10.5. The van der Waals surface area contributed by atoms with Gasteiger partial charge in [0.05, 0.1) is 12.9 Å². The number of imidazole rings is 1. The molecule has 2 amide bonds. The highest BCUT2D eigenvalue weighted by atomic mass is 16.5. The molecule has 1 aromatic heterocycles. The molecule has 0 radical (unpaired) electrons. The Labute approximate surface area is 183 Å². The molecule has 2 aromatic rings. The fraction of sp³-hybridized carbons (Fsp3) is 0.478. The van der Waals surface area contributed by atoms with Gasteiger partial charge in [0.1, 0.15) is 6.04 Å². The number of carbonyl (C=O) groups excluding carboxylic acids is 3. The number of nitrogens with one attached hydrogen (secondary N) is 2. The van der Waals surface area contributed by atoms with Crippen molar-refractivity contribution in [2.75, 3.05) is 11.9 Å². The molecule has 0 bridgehead atoms. The Morgan fingerprint density at radius 2 is 1.81 bits per heavy atom. The molecule has 1 aromatic carbocycles. The lowest BCUT2D eigenvalue weighted by molar-refractivity contribution is -0.145. The molecule has 1 heterocycles. The van der Waals surface area contributed by atoms with Crippen molar-refractivity contribution in [2.45, 2.75) is 59.5 Å². The highest BCUT2D eigenvalue weighted by Gasteiger charge is 2.28. The van der Waals surface area contributed by atoms with Crippen LogP contribution in [0.1, 0.15) is 59.1 Å². The summed E-state index contributed by atoms with van der Waals surface area (Å²) in [6.45, 7) is 9.34. The van der Waals surface area contributed by atoms with Crippen molar-refractivity contribution >= 4 is 23.6 Å². The molecule has 0 aliphatic rings. The maximum Gasteiger partial charge on any atom is 0.333 e. The molecule has 8 nitrogen and oxygen atoms in total. The third kappa shape index (κ3) is 6.67. The molecule has 2 N–H and O–H groups in total. The van der Waals surface area contributed by atoms with Gasteiger partial charge in [0, 0.05) is 11.6 Å². The van der Waals surface area contributed by atoms with E-state index < -0.39 is 23.5 Å². The zero-order valence-electron chi connectivity index (χ0n) is 18.8. The minimum absolute atomic E-state index is 0.196. The van der Waals surface area contributed by atoms with E-state index in [0.29, 0.717) is 12.2 Å². The van der Waals surface area contributed by atoms with Gasteiger partial charge in [-0.1, -0.05) is 64.4 Å². The number of hydrogen-bond donors (Lipinski definition) is 2. The first-order valence-electron chi connectivity index (χ1n) is 10.5. The summed E-state index contributed by atoms with van der Waals surface area (Å²) < 4.78 is 6.83. The second-order valence-electron chi connectivity index (χ2n) is 8.33. The van der Waals surface area contributed by atoms with Crippen LogP contribution in [0.15, 0.2) is 42.9 Å². The average molecular weight is 429 g/mol. The van der Waals surface area contributed by atoms with Gasteiger partial charge in [-0.25, -0.2) is 9.78 Å². The Bertz CT molecular complexity index is 886. The molecule has 0 aliphatic heterocycles. The van der Waals surface area contributed by atoms with Gasteiger partial charge >= 0.3 is 5.97 Å². The molecule has 31 heavy (non-hydrogen) atoms. The van der Waals surface area contributed by atoms with Crippen LogP contribution in [0, 0.1) is 5.41 Å². The largest absolute Gasteiger partial charge is 0.464 e. The van der Waals surface area contributed by atoms with E-state index in [-0.39, 0.29) is 18.4 Å². The van der Waals surface area contributed by atoms with Gasteiger partial charge in [-0.05, 0) is 18.9 Å². The standard InChI is InChI=1S/C23H32N4O4/c1-6-11-17(25-22(30)23(3,4)5)20(28)26-18-14-27(15-24-18)19(21(29)31-7-2)16-12-9-8-10-13-16/h8-10,12-15,17,19H,6-7,11H2,1-5H3,(H,25,30)(H,26,28). The van der Waals surface area contributed by atoms with Crippen molar-refractivity contribution in [2.24, 2.45) is 5.41 Å². The quantitative estimate of drug-likeness (QED) is 0.597. The van der Waals surface area contributed by atoms with E-state index in [1.807, 2.05) is 37.3 Å². The number of nitrogens with zero attached hydrogens (tertiary/aromatic N) is 2. The fourth-order valence-corrected chi connectivity index (χ4v) is 2.97. The number of rotatable bonds is 9. The maximum atomic E-state index is 12.8. The van der Waals surface area contributed by atoms with E-state index in [4.69, 9.17) is 4.74 Å². The minimum atomic E-state index is -0.716. The number of esters is 1. The zero-order chi connectivity index (χ0) is 23.0. The second-order valence-corrected chi connectivity index (χ2v) is 8.33. The predicted octanol–water partition coefficient (Wildman–Crippen LogP) is 3.31. The second kappa shape index (κ2) is 10.7. The Balaban J connectivity index is 2.19. The number of carbonyl (C=O) groups is 3. The fourth-order valence-electron chi connectivity index (χ4n) is 2.97. The van der Waals surface area contributed by atoms with Crippen molar-refractivity contribution in [1.29, 1.82) is 0 Å². The highest BCUT2D eigenvalue weighted by molar-refractivity contribution is 5.97. The Morgan fingerprint density at radius 1 is 1.13 bits per heavy atom. The van der Waals surface area contributed by atoms with Gasteiger partial charge in [0.25, 0.3) is 0 Å². The highest BCUT2D eigenvalue weighted by Crippen LogP contribution is 2.22. The molecule has 2 atom stereocenters. The first kappa shape index (κ1) is 24.1. The van der Waals surface area contributed by atoms with E-state index in [9.17, 15) is 14.4 Å². The summed E-state index contributed by atoms with van der Waals surface area (Å²) in [5.41, 5.74) is 0.147. The van der Waals surface area contributed by atoms with E-state index in [1.165, 1.54) is 6.33 Å². The first-order chi connectivity index (χ1) is 14.7. The molecule has 8 heteroatoms. The number of ether oxygens (including phenoxy) is 1. The van der Waals surface area contributed by atoms with Crippen molar-refractivity contribution in [3.8, 4) is 0 Å². The van der Waals surface area contributed by atoms with Crippen LogP contribution in [0.3, 0.4) is 0 Å². The molecule has 0 saturated carbocycles. The van der Waals surface area contributed by atoms with Crippen LogP contribution in [0.5, 0.6) is 0 Å². The molecule has 0 fully saturated rings. The molecular formula is C23H32N4O4. The monoisotopic (exact) mass is 428 g/mol. The van der Waals surface area contributed by atoms with Gasteiger partial charge in [0.15, 0.2) is 11.9 Å². The van der Waals surface area contributed by atoms with Crippen molar-refractivity contribution < 1.29 is 19.1 Å². The van der Waals surface area contributed by atoms with Crippen LogP contribution >= 0.6 is 0 Å². The summed E-state index contributed by atoms with van der Waals surface area (Å²) in [7, 11) is 0. The summed E-state index contributed by atoms with van der Waals surface area (Å²) in [6, 6.07) is 7.83. The van der Waals surface area contributed by atoms with E-state index in [2.05, 4.69) is 15.6 Å². The molecule has 2 rings (SSSR count). The number of hydrogen-bond acceptors (Lipinski definition) is 5. The third-order valence-corrected chi connectivity index (χ3v) is 4.66. The van der Waals surface area contributed by atoms with Crippen LogP contribution in [0.4, 0.5) is 5.82 Å². The van der Waals surface area contributed by atoms with Gasteiger partial charge in [-0.2, -0.15) is 0 Å². The summed E-state index contributed by atoms with van der Waals surface area (Å²) in [6.07, 6.45) is 4.30. The molecule has 0 aliphatic carbocycles. The maximum absolute atomic E-state index is 12.8. The molecule has 168 valence electrons. The predicted molar refractivity (Wildman–Crippen MR) is 118 cm³/mol. The lowest BCUT2D eigenvalue weighted by atomic mass is 9.95. The number of amides is 2. The van der Waals surface area contributed by atoms with Crippen LogP contribution < -0.4 is 10.6 Å². The van der Waals surface area contributed by atoms with Gasteiger partial charge in [-0.3, -0.25) is 9.59 Å². The summed E-state index contributed by atoms with van der Waals surface area (Å²) in [5, 5.41) is 5.55. The van der Waals surface area contributed by atoms with Gasteiger partial charge in [-0.15, -0.1) is 0 Å². The molecule has 2 unspecified atom stereocenters. The van der Waals surface area contributed by atoms with Crippen LogP contribution in [0.25, 0.3) is 0 Å². The van der Waals surface area contributed by atoms with E-state index in [0.717, 1.165) is 12.0 Å². The number of aromatic nitrogens is 2. The SMILES string of the molecule is CCCC(NC(=O)C(C)(C)C)C(=O)Nc1cn(C(C(=O)OCC)c2ccccc2)cn1. The lowest BCUT2D eigenvalue weighted by Gasteiger charge is -2.23. The summed E-state index contributed by atoms with van der Waals surface area (Å²) >= 11 is 0. The molecule has 0 spiro atoms. The Morgan fingerprint density at radius 3 is 2.39 bits per heavy atom. The van der Waals surface area contributed by atoms with Crippen molar-refractivity contribution in [3.05, 3.63) is 48.4 Å². The van der Waals surface area contributed by atoms with Crippen LogP contribution in [-0.4, -0.2) is 40.0 Å². The smallest absolute Gasteiger partial charge is 0.333 e. The Hall–Kier alpha value is -3.16. The lowest BCUT2D eigenvalue weighted by Crippen LogP contribution is -2.47. The summed E-state index contributed by atoms with van der Waals surface area (Å²) in [5.74, 6) is -0.665. The number of benzene rings is 1. The minimum Gasteiger partial charge on any atom is -0.464 e. The normalized spacial score (nSPS) is 13.2. The average Bonchev–Trinajstić information content (AvgIpc) is 3.15. The zero-order valence-corrected chi connectivity index (χ0v) is 18.8. The van der Waals surface area contributed by atoms with Crippen LogP contribution in [-0.2, 0) is 19.1 Å². The number of anilines is 1. The third-order valence-electron chi connectivity index (χ3n) is 4.66. The van der Waals surface area contributed by atoms with Crippen molar-refractivity contribution in [1.82, 2.24) is 14.9 Å². The topological polar surface area (TPSA) is 102 Å². The molecular weight excluding hydrogens is 396 g/mol. The van der Waals surface area contributed by atoms with E-state index in [1.54, 1.807) is 38.5 Å². The Kier molecular flexibility index (Phi) is 8.36. The van der Waals surface area contributed by atoms with E-state index >= 15 is 0 Å². The molecule has 0 saturated heterocycles. The van der Waals surface area contributed by atoms with Gasteiger partial charge < -0.3 is 19.9 Å². The summed E-state index contributed by atoms with van der Waals surface area (Å²) in [4.78, 5) is 41.9. The van der Waals surface area contributed by atoms with Gasteiger partial charge in [0.2, 0.25) is 11.8 Å². The van der Waals surface area contributed by atoms with Crippen LogP contribution in [0.2, 0.25) is 0 Å². The van der Waals surface area contributed by atoms with Crippen molar-refractivity contribution in [3.63, 3.8) is 0 Å².